The Hall–Kier alpha value is -2.60. The highest BCUT2D eigenvalue weighted by Crippen LogP contribution is 2.26. The third-order valence-electron chi connectivity index (χ3n) is 3.37. The fourth-order valence-electron chi connectivity index (χ4n) is 2.01. The largest absolute Gasteiger partial charge is 0.493 e. The van der Waals surface area contributed by atoms with E-state index in [1.807, 2.05) is 24.3 Å². The number of ether oxygens (including phenoxy) is 1. The first kappa shape index (κ1) is 17.7. The van der Waals surface area contributed by atoms with Crippen molar-refractivity contribution in [3.63, 3.8) is 0 Å². The molecule has 1 amide bonds. The molecule has 0 unspecified atom stereocenters. The van der Waals surface area contributed by atoms with Gasteiger partial charge in [-0.05, 0) is 30.2 Å². The van der Waals surface area contributed by atoms with Crippen LogP contribution in [0.5, 0.6) is 5.75 Å². The van der Waals surface area contributed by atoms with Crippen LogP contribution in [0.15, 0.2) is 42.5 Å². The number of nitro groups is 1. The van der Waals surface area contributed by atoms with Gasteiger partial charge in [0.15, 0.2) is 0 Å². The van der Waals surface area contributed by atoms with Crippen LogP contribution in [-0.4, -0.2) is 17.4 Å². The van der Waals surface area contributed by atoms with Crippen LogP contribution in [0.3, 0.4) is 0 Å². The van der Waals surface area contributed by atoms with Crippen molar-refractivity contribution in [3.05, 3.63) is 63.2 Å². The molecule has 0 spiro atoms. The molecule has 0 saturated heterocycles. The number of carbonyl (C=O) groups excluding carboxylic acids is 1. The van der Waals surface area contributed by atoms with Crippen LogP contribution in [0.1, 0.15) is 18.9 Å². The van der Waals surface area contributed by atoms with Crippen LogP contribution in [0, 0.1) is 10.1 Å². The van der Waals surface area contributed by atoms with E-state index >= 15 is 0 Å². The van der Waals surface area contributed by atoms with Crippen LogP contribution >= 0.6 is 11.6 Å². The van der Waals surface area contributed by atoms with Gasteiger partial charge in [-0.3, -0.25) is 14.9 Å². The number of aryl methyl sites for hydroxylation is 1. The number of non-ortho nitro benzene ring substituents is 1. The molecule has 2 aromatic carbocycles. The SMILES string of the molecule is CCc1ccc(OCCC(=O)Nc2ccc([N+](=O)[O-])cc2Cl)cc1. The van der Waals surface area contributed by atoms with E-state index in [0.717, 1.165) is 6.42 Å². The Kier molecular flexibility index (Phi) is 6.14. The molecular formula is C17H17ClN2O4. The van der Waals surface area contributed by atoms with Gasteiger partial charge >= 0.3 is 0 Å². The van der Waals surface area contributed by atoms with E-state index < -0.39 is 4.92 Å². The summed E-state index contributed by atoms with van der Waals surface area (Å²) in [5.41, 5.74) is 1.42. The zero-order valence-corrected chi connectivity index (χ0v) is 13.9. The van der Waals surface area contributed by atoms with Crippen LogP contribution < -0.4 is 10.1 Å². The maximum Gasteiger partial charge on any atom is 0.271 e. The molecule has 0 aliphatic rings. The summed E-state index contributed by atoms with van der Waals surface area (Å²) in [7, 11) is 0. The Morgan fingerprint density at radius 2 is 1.96 bits per heavy atom. The number of nitrogens with one attached hydrogen (secondary N) is 1. The van der Waals surface area contributed by atoms with Gasteiger partial charge in [0.1, 0.15) is 5.75 Å². The van der Waals surface area contributed by atoms with Crippen LogP contribution in [0.4, 0.5) is 11.4 Å². The monoisotopic (exact) mass is 348 g/mol. The number of halogens is 1. The molecule has 0 aliphatic heterocycles. The van der Waals surface area contributed by atoms with Crippen molar-refractivity contribution in [2.24, 2.45) is 0 Å². The van der Waals surface area contributed by atoms with Gasteiger partial charge in [0.2, 0.25) is 5.91 Å². The van der Waals surface area contributed by atoms with Gasteiger partial charge in [-0.2, -0.15) is 0 Å². The van der Waals surface area contributed by atoms with Crippen molar-refractivity contribution >= 4 is 28.9 Å². The molecule has 0 aromatic heterocycles. The predicted octanol–water partition coefficient (Wildman–Crippen LogP) is 4.22. The fourth-order valence-corrected chi connectivity index (χ4v) is 2.24. The molecule has 1 N–H and O–H groups in total. The van der Waals surface area contributed by atoms with Gasteiger partial charge in [0.05, 0.1) is 28.7 Å². The third kappa shape index (κ3) is 4.96. The molecule has 0 aliphatic carbocycles. The lowest BCUT2D eigenvalue weighted by Gasteiger charge is -2.09. The predicted molar refractivity (Wildman–Crippen MR) is 92.7 cm³/mol. The molecule has 24 heavy (non-hydrogen) atoms. The summed E-state index contributed by atoms with van der Waals surface area (Å²) in [4.78, 5) is 22.0. The minimum absolute atomic E-state index is 0.119. The number of nitrogens with zero attached hydrogens (tertiary/aromatic N) is 1. The van der Waals surface area contributed by atoms with E-state index in [0.29, 0.717) is 11.4 Å². The van der Waals surface area contributed by atoms with E-state index in [-0.39, 0.29) is 29.6 Å². The summed E-state index contributed by atoms with van der Waals surface area (Å²) in [5, 5.41) is 13.4. The summed E-state index contributed by atoms with van der Waals surface area (Å²) in [5.74, 6) is 0.421. The van der Waals surface area contributed by atoms with Gasteiger partial charge in [-0.1, -0.05) is 30.7 Å². The Morgan fingerprint density at radius 1 is 1.25 bits per heavy atom. The minimum atomic E-state index is -0.546. The van der Waals surface area contributed by atoms with E-state index in [1.165, 1.54) is 23.8 Å². The lowest BCUT2D eigenvalue weighted by atomic mass is 10.2. The molecule has 0 fully saturated rings. The number of nitro benzene ring substituents is 1. The van der Waals surface area contributed by atoms with Crippen molar-refractivity contribution < 1.29 is 14.5 Å². The average molecular weight is 349 g/mol. The van der Waals surface area contributed by atoms with Crippen LogP contribution in [0.2, 0.25) is 5.02 Å². The number of hydrogen-bond acceptors (Lipinski definition) is 4. The first-order chi connectivity index (χ1) is 11.5. The molecule has 0 saturated carbocycles. The van der Waals surface area contributed by atoms with Crippen LogP contribution in [0.25, 0.3) is 0 Å². The van der Waals surface area contributed by atoms with Gasteiger partial charge in [0.25, 0.3) is 5.69 Å². The van der Waals surface area contributed by atoms with Crippen molar-refractivity contribution in [2.75, 3.05) is 11.9 Å². The van der Waals surface area contributed by atoms with Gasteiger partial charge in [-0.25, -0.2) is 0 Å². The lowest BCUT2D eigenvalue weighted by Crippen LogP contribution is -2.15. The van der Waals surface area contributed by atoms with Gasteiger partial charge in [0, 0.05) is 12.1 Å². The number of rotatable bonds is 7. The zero-order valence-electron chi connectivity index (χ0n) is 13.1. The second-order valence-electron chi connectivity index (χ2n) is 5.07. The van der Waals surface area contributed by atoms with Crippen molar-refractivity contribution in [2.45, 2.75) is 19.8 Å². The maximum absolute atomic E-state index is 11.9. The van der Waals surface area contributed by atoms with E-state index in [1.54, 1.807) is 0 Å². The average Bonchev–Trinajstić information content (AvgIpc) is 2.57. The van der Waals surface area contributed by atoms with E-state index in [2.05, 4.69) is 12.2 Å². The first-order valence-corrected chi connectivity index (χ1v) is 7.83. The highest BCUT2D eigenvalue weighted by atomic mass is 35.5. The molecule has 2 rings (SSSR count). The number of amides is 1. The van der Waals surface area contributed by atoms with E-state index in [9.17, 15) is 14.9 Å². The molecule has 126 valence electrons. The molecule has 7 heteroatoms. The second kappa shape index (κ2) is 8.31. The summed E-state index contributed by atoms with van der Waals surface area (Å²) in [6.45, 7) is 2.30. The number of benzene rings is 2. The Bertz CT molecular complexity index is 732. The van der Waals surface area contributed by atoms with Crippen LogP contribution in [-0.2, 0) is 11.2 Å². The topological polar surface area (TPSA) is 81.5 Å². The Labute approximate surface area is 144 Å². The van der Waals surface area contributed by atoms with Gasteiger partial charge in [-0.15, -0.1) is 0 Å². The summed E-state index contributed by atoms with van der Waals surface area (Å²) < 4.78 is 5.51. The maximum atomic E-state index is 11.9. The normalized spacial score (nSPS) is 10.2. The molecular weight excluding hydrogens is 332 g/mol. The van der Waals surface area contributed by atoms with Crippen molar-refractivity contribution in [1.29, 1.82) is 0 Å². The second-order valence-corrected chi connectivity index (χ2v) is 5.47. The first-order valence-electron chi connectivity index (χ1n) is 7.45. The van der Waals surface area contributed by atoms with Crippen molar-refractivity contribution in [1.82, 2.24) is 0 Å². The fraction of sp³-hybridized carbons (Fsp3) is 0.235. The summed E-state index contributed by atoms with van der Waals surface area (Å²) in [6.07, 6.45) is 1.10. The number of carbonyl (C=O) groups is 1. The highest BCUT2D eigenvalue weighted by Gasteiger charge is 2.11. The standard InChI is InChI=1S/C17H17ClN2O4/c1-2-12-3-6-14(7-4-12)24-10-9-17(21)19-16-8-5-13(20(22)23)11-15(16)18/h3-8,11H,2,9-10H2,1H3,(H,19,21). The molecule has 2 aromatic rings. The van der Waals surface area contributed by atoms with Crippen molar-refractivity contribution in [3.8, 4) is 5.75 Å². The quantitative estimate of drug-likeness (QED) is 0.600. The molecule has 6 nitrogen and oxygen atoms in total. The highest BCUT2D eigenvalue weighted by molar-refractivity contribution is 6.33. The minimum Gasteiger partial charge on any atom is -0.493 e. The molecule has 0 radical (unpaired) electrons. The lowest BCUT2D eigenvalue weighted by molar-refractivity contribution is -0.384. The molecule has 0 atom stereocenters. The zero-order chi connectivity index (χ0) is 17.5. The summed E-state index contributed by atoms with van der Waals surface area (Å²) >= 11 is 5.93. The van der Waals surface area contributed by atoms with Gasteiger partial charge < -0.3 is 10.1 Å². The Morgan fingerprint density at radius 3 is 2.54 bits per heavy atom. The number of anilines is 1. The smallest absolute Gasteiger partial charge is 0.271 e. The Balaban J connectivity index is 1.83. The molecule has 0 bridgehead atoms. The van der Waals surface area contributed by atoms with E-state index in [4.69, 9.17) is 16.3 Å². The number of hydrogen-bond donors (Lipinski definition) is 1. The molecule has 0 heterocycles. The third-order valence-corrected chi connectivity index (χ3v) is 3.68. The summed E-state index contributed by atoms with van der Waals surface area (Å²) in [6, 6.07) is 11.6.